The Balaban J connectivity index is 3.79. The normalized spacial score (nSPS) is 11.7. The number of nitrogens with one attached hydrogen (secondary N) is 1. The molecule has 4 heteroatoms. The van der Waals surface area contributed by atoms with Gasteiger partial charge in [0.2, 0.25) is 5.91 Å². The van der Waals surface area contributed by atoms with Crippen LogP contribution in [0.5, 0.6) is 0 Å². The molecule has 0 aliphatic carbocycles. The van der Waals surface area contributed by atoms with Gasteiger partial charge in [0, 0.05) is 25.2 Å². The molecule has 0 aromatic carbocycles. The van der Waals surface area contributed by atoms with Gasteiger partial charge in [-0.3, -0.25) is 4.79 Å². The fraction of sp³-hybridized carbons (Fsp3) is 0.895. The van der Waals surface area contributed by atoms with E-state index in [9.17, 15) is 4.79 Å². The van der Waals surface area contributed by atoms with Crippen LogP contribution >= 0.6 is 0 Å². The lowest BCUT2D eigenvalue weighted by Crippen LogP contribution is -2.49. The van der Waals surface area contributed by atoms with E-state index in [0.29, 0.717) is 25.7 Å². The minimum absolute atomic E-state index is 0.00612. The molecular formula is C19H38NO3. The number of unbranched alkanes of at least 4 members (excludes halogenated alkanes) is 8. The van der Waals surface area contributed by atoms with Gasteiger partial charge in [-0.05, 0) is 25.7 Å². The molecule has 1 amide bonds. The highest BCUT2D eigenvalue weighted by molar-refractivity contribution is 5.76. The van der Waals surface area contributed by atoms with Crippen molar-refractivity contribution >= 4 is 5.91 Å². The number of rotatable bonds is 16. The van der Waals surface area contributed by atoms with E-state index < -0.39 is 5.54 Å². The van der Waals surface area contributed by atoms with Gasteiger partial charge in [-0.1, -0.05) is 65.2 Å². The van der Waals surface area contributed by atoms with E-state index in [1.165, 1.54) is 44.9 Å². The molecule has 0 aliphatic rings. The molecular weight excluding hydrogens is 290 g/mol. The van der Waals surface area contributed by atoms with Crippen LogP contribution in [0.15, 0.2) is 0 Å². The second kappa shape index (κ2) is 14.9. The maximum Gasteiger partial charge on any atom is 0.220 e. The standard InChI is InChI=1S/C19H38NO3/c1-3-5-6-7-8-9-10-11-12-13-18(23)20-19(4-2,14-16-21)15-17-22/h21-22H,2-17H2,1H3,(H,20,23). The molecule has 0 rings (SSSR count). The highest BCUT2D eigenvalue weighted by atomic mass is 16.3. The van der Waals surface area contributed by atoms with Crippen LogP contribution in [0.2, 0.25) is 0 Å². The second-order valence-corrected chi connectivity index (χ2v) is 6.60. The summed E-state index contributed by atoms with van der Waals surface area (Å²) < 4.78 is 0. The van der Waals surface area contributed by atoms with Crippen LogP contribution in [0, 0.1) is 6.92 Å². The first-order valence-corrected chi connectivity index (χ1v) is 9.46. The van der Waals surface area contributed by atoms with Gasteiger partial charge in [-0.2, -0.15) is 0 Å². The SMILES string of the molecule is [CH2]CC(CCO)(CCO)NC(=O)CCCCCCCCCCC. The predicted octanol–water partition coefficient (Wildman–Crippen LogP) is 3.75. The molecule has 0 bridgehead atoms. The Labute approximate surface area is 143 Å². The van der Waals surface area contributed by atoms with Gasteiger partial charge in [0.25, 0.3) is 0 Å². The van der Waals surface area contributed by atoms with Gasteiger partial charge < -0.3 is 15.5 Å². The third kappa shape index (κ3) is 11.5. The van der Waals surface area contributed by atoms with E-state index in [1.54, 1.807) is 0 Å². The topological polar surface area (TPSA) is 69.6 Å². The first kappa shape index (κ1) is 22.4. The van der Waals surface area contributed by atoms with Gasteiger partial charge in [0.15, 0.2) is 0 Å². The number of hydrogen-bond acceptors (Lipinski definition) is 3. The summed E-state index contributed by atoms with van der Waals surface area (Å²) in [5, 5.41) is 21.3. The van der Waals surface area contributed by atoms with E-state index in [1.807, 2.05) is 0 Å². The fourth-order valence-corrected chi connectivity index (χ4v) is 2.95. The summed E-state index contributed by atoms with van der Waals surface area (Å²) in [5.74, 6) is 0.0125. The number of hydrogen-bond donors (Lipinski definition) is 3. The van der Waals surface area contributed by atoms with E-state index in [-0.39, 0.29) is 19.1 Å². The first-order chi connectivity index (χ1) is 11.1. The summed E-state index contributed by atoms with van der Waals surface area (Å²) in [6.07, 6.45) is 13.0. The Bertz CT molecular complexity index is 276. The summed E-state index contributed by atoms with van der Waals surface area (Å²) in [6, 6.07) is 0. The Hall–Kier alpha value is -0.610. The van der Waals surface area contributed by atoms with Crippen LogP contribution < -0.4 is 5.32 Å². The monoisotopic (exact) mass is 328 g/mol. The number of amides is 1. The van der Waals surface area contributed by atoms with Crippen molar-refractivity contribution in [3.05, 3.63) is 6.92 Å². The van der Waals surface area contributed by atoms with Crippen LogP contribution in [0.1, 0.15) is 90.4 Å². The minimum atomic E-state index is -0.556. The largest absolute Gasteiger partial charge is 0.396 e. The van der Waals surface area contributed by atoms with Gasteiger partial charge in [0.1, 0.15) is 0 Å². The Kier molecular flexibility index (Phi) is 14.6. The van der Waals surface area contributed by atoms with Crippen molar-refractivity contribution in [3.8, 4) is 0 Å². The molecule has 1 radical (unpaired) electrons. The van der Waals surface area contributed by atoms with Crippen molar-refractivity contribution in [2.24, 2.45) is 0 Å². The van der Waals surface area contributed by atoms with Gasteiger partial charge in [-0.25, -0.2) is 0 Å². The number of carbonyl (C=O) groups is 1. The highest BCUT2D eigenvalue weighted by Gasteiger charge is 2.28. The number of carbonyl (C=O) groups excluding carboxylic acids is 1. The zero-order chi connectivity index (χ0) is 17.4. The Morgan fingerprint density at radius 1 is 0.913 bits per heavy atom. The molecule has 0 saturated heterocycles. The predicted molar refractivity (Wildman–Crippen MR) is 96.1 cm³/mol. The van der Waals surface area contributed by atoms with Crippen LogP contribution in [0.4, 0.5) is 0 Å². The maximum absolute atomic E-state index is 12.1. The van der Waals surface area contributed by atoms with Crippen molar-refractivity contribution in [3.63, 3.8) is 0 Å². The highest BCUT2D eigenvalue weighted by Crippen LogP contribution is 2.20. The summed E-state index contributed by atoms with van der Waals surface area (Å²) in [6.45, 7) is 6.08. The number of aliphatic hydroxyl groups excluding tert-OH is 2. The lowest BCUT2D eigenvalue weighted by Gasteiger charge is -2.33. The fourth-order valence-electron chi connectivity index (χ4n) is 2.95. The zero-order valence-corrected chi connectivity index (χ0v) is 15.1. The Morgan fingerprint density at radius 3 is 1.83 bits per heavy atom. The van der Waals surface area contributed by atoms with Gasteiger partial charge in [0.05, 0.1) is 0 Å². The van der Waals surface area contributed by atoms with Crippen molar-refractivity contribution < 1.29 is 15.0 Å². The van der Waals surface area contributed by atoms with Crippen LogP contribution in [-0.2, 0) is 4.79 Å². The lowest BCUT2D eigenvalue weighted by molar-refractivity contribution is -0.123. The molecule has 0 heterocycles. The molecule has 137 valence electrons. The number of aliphatic hydroxyl groups is 2. The molecule has 0 fully saturated rings. The summed E-state index contributed by atoms with van der Waals surface area (Å²) in [4.78, 5) is 12.1. The third-order valence-electron chi connectivity index (χ3n) is 4.57. The van der Waals surface area contributed by atoms with Crippen LogP contribution in [0.25, 0.3) is 0 Å². The lowest BCUT2D eigenvalue weighted by atomic mass is 9.88. The molecule has 4 nitrogen and oxygen atoms in total. The van der Waals surface area contributed by atoms with Crippen molar-refractivity contribution in [2.45, 2.75) is 95.9 Å². The van der Waals surface area contributed by atoms with Crippen LogP contribution in [-0.4, -0.2) is 34.9 Å². The smallest absolute Gasteiger partial charge is 0.220 e. The molecule has 0 aromatic rings. The summed E-state index contributed by atoms with van der Waals surface area (Å²) >= 11 is 0. The molecule has 0 spiro atoms. The van der Waals surface area contributed by atoms with E-state index in [2.05, 4.69) is 19.2 Å². The van der Waals surface area contributed by atoms with Gasteiger partial charge >= 0.3 is 0 Å². The van der Waals surface area contributed by atoms with E-state index in [0.717, 1.165) is 12.8 Å². The summed E-state index contributed by atoms with van der Waals surface area (Å²) in [7, 11) is 0. The molecule has 0 aromatic heterocycles. The summed E-state index contributed by atoms with van der Waals surface area (Å²) in [5.41, 5.74) is -0.556. The molecule has 0 unspecified atom stereocenters. The molecule has 23 heavy (non-hydrogen) atoms. The van der Waals surface area contributed by atoms with Gasteiger partial charge in [-0.15, -0.1) is 0 Å². The van der Waals surface area contributed by atoms with Crippen LogP contribution in [0.3, 0.4) is 0 Å². The van der Waals surface area contributed by atoms with Crippen molar-refractivity contribution in [2.75, 3.05) is 13.2 Å². The maximum atomic E-state index is 12.1. The van der Waals surface area contributed by atoms with Crippen molar-refractivity contribution in [1.29, 1.82) is 0 Å². The van der Waals surface area contributed by atoms with Crippen molar-refractivity contribution in [1.82, 2.24) is 5.32 Å². The molecule has 0 saturated carbocycles. The molecule has 3 N–H and O–H groups in total. The van der Waals surface area contributed by atoms with E-state index in [4.69, 9.17) is 10.2 Å². The average Bonchev–Trinajstić information content (AvgIpc) is 2.53. The van der Waals surface area contributed by atoms with E-state index >= 15 is 0 Å². The average molecular weight is 329 g/mol. The third-order valence-corrected chi connectivity index (χ3v) is 4.57. The molecule has 0 aliphatic heterocycles. The Morgan fingerprint density at radius 2 is 1.39 bits per heavy atom. The minimum Gasteiger partial charge on any atom is -0.396 e. The molecule has 0 atom stereocenters. The second-order valence-electron chi connectivity index (χ2n) is 6.60. The quantitative estimate of drug-likeness (QED) is 0.378. The zero-order valence-electron chi connectivity index (χ0n) is 15.1. The first-order valence-electron chi connectivity index (χ1n) is 9.46.